The zero-order valence-electron chi connectivity index (χ0n) is 11.1. The molecule has 0 aromatic rings. The maximum Gasteiger partial charge on any atom is 0.389 e. The molecule has 0 aliphatic heterocycles. The molecule has 0 N–H and O–H groups in total. The maximum absolute atomic E-state index is 12.3. The summed E-state index contributed by atoms with van der Waals surface area (Å²) in [6.07, 6.45) is 0. The first-order valence-electron chi connectivity index (χ1n) is 5.43. The van der Waals surface area contributed by atoms with Gasteiger partial charge in [-0.05, 0) is 53.2 Å². The molecular formula is C10H24NO3PS. The lowest BCUT2D eigenvalue weighted by Crippen LogP contribution is -2.19. The van der Waals surface area contributed by atoms with Crippen molar-refractivity contribution in [2.24, 2.45) is 0 Å². The fourth-order valence-electron chi connectivity index (χ4n) is 0.919. The Morgan fingerprint density at radius 1 is 1.31 bits per heavy atom. The smallest absolute Gasteiger partial charge is 0.309 e. The van der Waals surface area contributed by atoms with Crippen LogP contribution in [0.2, 0.25) is 0 Å². The van der Waals surface area contributed by atoms with Crippen molar-refractivity contribution in [3.8, 4) is 0 Å². The zero-order chi connectivity index (χ0) is 12.8. The van der Waals surface area contributed by atoms with Crippen LogP contribution in [-0.4, -0.2) is 43.5 Å². The SMILES string of the molecule is CCOP(=O)(OC(C)(C)C)SCCN(C)C. The van der Waals surface area contributed by atoms with Crippen LogP contribution in [-0.2, 0) is 13.6 Å². The normalized spacial score (nSPS) is 16.4. The summed E-state index contributed by atoms with van der Waals surface area (Å²) in [6, 6.07) is 0. The van der Waals surface area contributed by atoms with Crippen LogP contribution in [0.5, 0.6) is 0 Å². The third-order valence-corrected chi connectivity index (χ3v) is 5.52. The zero-order valence-corrected chi connectivity index (χ0v) is 12.9. The Bertz CT molecular complexity index is 241. The number of hydrogen-bond donors (Lipinski definition) is 0. The fraction of sp³-hybridized carbons (Fsp3) is 1.00. The highest BCUT2D eigenvalue weighted by atomic mass is 32.7. The summed E-state index contributed by atoms with van der Waals surface area (Å²) in [5.41, 5.74) is -0.449. The minimum Gasteiger partial charge on any atom is -0.309 e. The third kappa shape index (κ3) is 8.59. The Kier molecular flexibility index (Phi) is 7.22. The third-order valence-electron chi connectivity index (χ3n) is 1.46. The first-order chi connectivity index (χ1) is 7.18. The van der Waals surface area contributed by atoms with Crippen molar-refractivity contribution >= 4 is 18.2 Å². The number of hydrogen-bond acceptors (Lipinski definition) is 5. The second kappa shape index (κ2) is 7.02. The molecule has 4 nitrogen and oxygen atoms in total. The van der Waals surface area contributed by atoms with E-state index in [1.54, 1.807) is 0 Å². The van der Waals surface area contributed by atoms with E-state index in [0.717, 1.165) is 12.3 Å². The second-order valence-electron chi connectivity index (χ2n) is 4.71. The average Bonchev–Trinajstić information content (AvgIpc) is 1.98. The van der Waals surface area contributed by atoms with E-state index in [2.05, 4.69) is 0 Å². The molecule has 16 heavy (non-hydrogen) atoms. The van der Waals surface area contributed by atoms with Gasteiger partial charge in [0.15, 0.2) is 0 Å². The summed E-state index contributed by atoms with van der Waals surface area (Å²) in [6.45, 7) is 5.72. The van der Waals surface area contributed by atoms with Crippen LogP contribution in [0.4, 0.5) is 0 Å². The van der Waals surface area contributed by atoms with Gasteiger partial charge in [-0.25, -0.2) is 4.57 Å². The molecule has 0 fully saturated rings. The standard InChI is InChI=1S/C10H24NO3PS/c1-7-13-15(12,14-10(2,3)4)16-9-8-11(5)6/h7-9H2,1-6H3. The van der Waals surface area contributed by atoms with Gasteiger partial charge >= 0.3 is 6.80 Å². The van der Waals surface area contributed by atoms with Crippen molar-refractivity contribution in [1.29, 1.82) is 0 Å². The minimum atomic E-state index is -3.01. The molecule has 1 unspecified atom stereocenters. The van der Waals surface area contributed by atoms with Crippen molar-refractivity contribution in [3.63, 3.8) is 0 Å². The van der Waals surface area contributed by atoms with Crippen LogP contribution in [0.3, 0.4) is 0 Å². The van der Waals surface area contributed by atoms with Crippen LogP contribution in [0.15, 0.2) is 0 Å². The monoisotopic (exact) mass is 269 g/mol. The summed E-state index contributed by atoms with van der Waals surface area (Å²) >= 11 is 1.27. The van der Waals surface area contributed by atoms with E-state index in [1.165, 1.54) is 11.4 Å². The molecule has 6 heteroatoms. The summed E-state index contributed by atoms with van der Waals surface area (Å²) in [5.74, 6) is 0.736. The summed E-state index contributed by atoms with van der Waals surface area (Å²) in [5, 5.41) is 0. The Morgan fingerprint density at radius 2 is 1.88 bits per heavy atom. The van der Waals surface area contributed by atoms with Crippen LogP contribution < -0.4 is 0 Å². The van der Waals surface area contributed by atoms with Crippen LogP contribution >= 0.6 is 18.2 Å². The number of rotatable bonds is 7. The molecule has 0 heterocycles. The van der Waals surface area contributed by atoms with E-state index in [4.69, 9.17) is 9.05 Å². The largest absolute Gasteiger partial charge is 0.389 e. The molecular weight excluding hydrogens is 245 g/mol. The molecule has 98 valence electrons. The van der Waals surface area contributed by atoms with Gasteiger partial charge in [0.2, 0.25) is 0 Å². The molecule has 0 aromatic carbocycles. The van der Waals surface area contributed by atoms with Crippen LogP contribution in [0, 0.1) is 0 Å². The molecule has 0 rings (SSSR count). The quantitative estimate of drug-likeness (QED) is 0.663. The lowest BCUT2D eigenvalue weighted by molar-refractivity contribution is 0.106. The van der Waals surface area contributed by atoms with Crippen molar-refractivity contribution in [1.82, 2.24) is 4.90 Å². The lowest BCUT2D eigenvalue weighted by Gasteiger charge is -2.26. The second-order valence-corrected chi connectivity index (χ2v) is 8.82. The van der Waals surface area contributed by atoms with Gasteiger partial charge in [0.25, 0.3) is 0 Å². The fourth-order valence-corrected chi connectivity index (χ4v) is 5.04. The molecule has 0 bridgehead atoms. The molecule has 0 saturated carbocycles. The molecule has 0 aromatic heterocycles. The van der Waals surface area contributed by atoms with Crippen molar-refractivity contribution in [2.45, 2.75) is 33.3 Å². The van der Waals surface area contributed by atoms with E-state index in [0.29, 0.717) is 6.61 Å². The molecule has 0 spiro atoms. The van der Waals surface area contributed by atoms with E-state index in [1.807, 2.05) is 46.7 Å². The molecule has 0 aliphatic rings. The van der Waals surface area contributed by atoms with Gasteiger partial charge in [0.1, 0.15) is 0 Å². The Hall–Kier alpha value is 0.460. The highest BCUT2D eigenvalue weighted by Gasteiger charge is 2.31. The van der Waals surface area contributed by atoms with E-state index >= 15 is 0 Å². The van der Waals surface area contributed by atoms with Crippen LogP contribution in [0.25, 0.3) is 0 Å². The minimum absolute atomic E-state index is 0.405. The molecule has 0 radical (unpaired) electrons. The van der Waals surface area contributed by atoms with Gasteiger partial charge in [-0.1, -0.05) is 0 Å². The predicted molar refractivity (Wildman–Crippen MR) is 71.1 cm³/mol. The topological polar surface area (TPSA) is 38.8 Å². The van der Waals surface area contributed by atoms with E-state index < -0.39 is 12.4 Å². The summed E-state index contributed by atoms with van der Waals surface area (Å²) in [7, 11) is 3.97. The predicted octanol–water partition coefficient (Wildman–Crippen LogP) is 3.24. The Morgan fingerprint density at radius 3 is 2.25 bits per heavy atom. The highest BCUT2D eigenvalue weighted by molar-refractivity contribution is 8.55. The molecule has 1 atom stereocenters. The Balaban J connectivity index is 4.28. The Labute approximate surface area is 103 Å². The van der Waals surface area contributed by atoms with Gasteiger partial charge in [-0.15, -0.1) is 0 Å². The van der Waals surface area contributed by atoms with E-state index in [9.17, 15) is 4.57 Å². The first-order valence-corrected chi connectivity index (χ1v) is 8.56. The first kappa shape index (κ1) is 16.5. The van der Waals surface area contributed by atoms with Crippen LogP contribution in [0.1, 0.15) is 27.7 Å². The van der Waals surface area contributed by atoms with Gasteiger partial charge in [0, 0.05) is 12.3 Å². The van der Waals surface area contributed by atoms with E-state index in [-0.39, 0.29) is 0 Å². The molecule has 0 saturated heterocycles. The lowest BCUT2D eigenvalue weighted by atomic mass is 10.2. The van der Waals surface area contributed by atoms with Crippen molar-refractivity contribution in [3.05, 3.63) is 0 Å². The number of nitrogens with zero attached hydrogens (tertiary/aromatic N) is 1. The highest BCUT2D eigenvalue weighted by Crippen LogP contribution is 2.62. The summed E-state index contributed by atoms with van der Waals surface area (Å²) in [4.78, 5) is 2.04. The summed E-state index contributed by atoms with van der Waals surface area (Å²) < 4.78 is 23.1. The maximum atomic E-state index is 12.3. The average molecular weight is 269 g/mol. The van der Waals surface area contributed by atoms with Gasteiger partial charge in [-0.3, -0.25) is 4.52 Å². The molecule has 0 amide bonds. The van der Waals surface area contributed by atoms with Crippen molar-refractivity contribution < 1.29 is 13.6 Å². The van der Waals surface area contributed by atoms with Gasteiger partial charge < -0.3 is 9.42 Å². The molecule has 0 aliphatic carbocycles. The van der Waals surface area contributed by atoms with Gasteiger partial charge in [-0.2, -0.15) is 0 Å². The van der Waals surface area contributed by atoms with Crippen molar-refractivity contribution in [2.75, 3.05) is 33.0 Å². The van der Waals surface area contributed by atoms with Gasteiger partial charge in [0.05, 0.1) is 12.2 Å².